The quantitative estimate of drug-likeness (QED) is 0.430. The summed E-state index contributed by atoms with van der Waals surface area (Å²) in [4.78, 5) is 20.9. The van der Waals surface area contributed by atoms with Gasteiger partial charge in [0.05, 0.1) is 12.7 Å². The number of aromatic nitrogens is 2. The predicted molar refractivity (Wildman–Crippen MR) is 136 cm³/mol. The molecule has 8 heteroatoms. The second kappa shape index (κ2) is 9.68. The molecule has 1 saturated heterocycles. The summed E-state index contributed by atoms with van der Waals surface area (Å²) in [7, 11) is 1.69. The molecular weight excluding hydrogens is 442 g/mol. The normalized spacial score (nSPS) is 14.4. The van der Waals surface area contributed by atoms with Gasteiger partial charge >= 0.3 is 0 Å². The fourth-order valence-electron chi connectivity index (χ4n) is 4.70. The van der Waals surface area contributed by atoms with Crippen LogP contribution >= 0.6 is 0 Å². The Hall–Kier alpha value is -4.04. The molecule has 0 saturated carbocycles. The van der Waals surface area contributed by atoms with Gasteiger partial charge in [-0.05, 0) is 47.5 Å². The van der Waals surface area contributed by atoms with Gasteiger partial charge in [0, 0.05) is 62.7 Å². The van der Waals surface area contributed by atoms with Crippen LogP contribution in [0.4, 0.5) is 5.69 Å². The minimum atomic E-state index is -0.643. The number of pyridine rings is 1. The Morgan fingerprint density at radius 1 is 1.00 bits per heavy atom. The van der Waals surface area contributed by atoms with E-state index in [0.29, 0.717) is 6.54 Å². The molecule has 0 radical (unpaired) electrons. The van der Waals surface area contributed by atoms with Crippen LogP contribution in [-0.4, -0.2) is 58.8 Å². The number of piperazine rings is 1. The van der Waals surface area contributed by atoms with Gasteiger partial charge in [0.1, 0.15) is 17.1 Å². The van der Waals surface area contributed by atoms with E-state index >= 15 is 0 Å². The maximum absolute atomic E-state index is 11.4. The smallest absolute Gasteiger partial charge is 0.252 e. The first-order valence-corrected chi connectivity index (χ1v) is 11.7. The minimum absolute atomic E-state index is 0.104. The van der Waals surface area contributed by atoms with E-state index in [1.807, 2.05) is 24.5 Å². The fourth-order valence-corrected chi connectivity index (χ4v) is 4.70. The molecule has 1 aliphatic heterocycles. The summed E-state index contributed by atoms with van der Waals surface area (Å²) in [5.74, 6) is 0.134. The standard InChI is InChI=1S/C27H29N5O3/c1-35-21-5-2-19(3-6-21)17-30-12-14-31(15-13-30)24-8-10-29-27-22(24)9-11-32(27)18-20-4-7-23(26(28)34)25(33)16-20/h2-11,16,33H,12-15,17-18H2,1H3,(H2,28,34). The molecule has 0 aliphatic carbocycles. The molecule has 35 heavy (non-hydrogen) atoms. The van der Waals surface area contributed by atoms with Crippen LogP contribution in [0.1, 0.15) is 21.5 Å². The highest BCUT2D eigenvalue weighted by molar-refractivity contribution is 5.95. The molecule has 2 aromatic heterocycles. The van der Waals surface area contributed by atoms with Crippen LogP contribution in [0.25, 0.3) is 11.0 Å². The molecule has 3 N–H and O–H groups in total. The van der Waals surface area contributed by atoms with Crippen molar-refractivity contribution in [3.05, 3.63) is 83.7 Å². The molecule has 1 amide bonds. The summed E-state index contributed by atoms with van der Waals surface area (Å²) in [5.41, 5.74) is 9.65. The van der Waals surface area contributed by atoms with Crippen LogP contribution in [0, 0.1) is 0 Å². The lowest BCUT2D eigenvalue weighted by Crippen LogP contribution is -2.46. The SMILES string of the molecule is COc1ccc(CN2CCN(c3ccnc4c3ccn4Cc3ccc(C(N)=O)c(O)c3)CC2)cc1. The van der Waals surface area contributed by atoms with Crippen LogP contribution in [0.2, 0.25) is 0 Å². The van der Waals surface area contributed by atoms with E-state index in [4.69, 9.17) is 10.5 Å². The van der Waals surface area contributed by atoms with Crippen molar-refractivity contribution < 1.29 is 14.6 Å². The Balaban J connectivity index is 1.28. The number of benzene rings is 2. The van der Waals surface area contributed by atoms with Gasteiger partial charge in [0.25, 0.3) is 5.91 Å². The number of phenols is 1. The average molecular weight is 472 g/mol. The Morgan fingerprint density at radius 2 is 1.74 bits per heavy atom. The number of primary amides is 1. The molecule has 1 fully saturated rings. The number of fused-ring (bicyclic) bond motifs is 1. The number of anilines is 1. The number of nitrogens with zero attached hydrogens (tertiary/aromatic N) is 4. The fraction of sp³-hybridized carbons (Fsp3) is 0.259. The summed E-state index contributed by atoms with van der Waals surface area (Å²) in [6.07, 6.45) is 3.87. The van der Waals surface area contributed by atoms with E-state index < -0.39 is 5.91 Å². The second-order valence-electron chi connectivity index (χ2n) is 8.84. The Morgan fingerprint density at radius 3 is 2.43 bits per heavy atom. The molecule has 5 rings (SSSR count). The third-order valence-corrected chi connectivity index (χ3v) is 6.60. The summed E-state index contributed by atoms with van der Waals surface area (Å²) in [6.45, 7) is 5.33. The number of nitrogens with two attached hydrogens (primary N) is 1. The highest BCUT2D eigenvalue weighted by Gasteiger charge is 2.20. The van der Waals surface area contributed by atoms with Gasteiger partial charge in [0.15, 0.2) is 0 Å². The van der Waals surface area contributed by atoms with E-state index in [9.17, 15) is 9.90 Å². The minimum Gasteiger partial charge on any atom is -0.507 e. The van der Waals surface area contributed by atoms with Gasteiger partial charge < -0.3 is 25.0 Å². The van der Waals surface area contributed by atoms with Crippen molar-refractivity contribution in [2.75, 3.05) is 38.2 Å². The molecule has 180 valence electrons. The lowest BCUT2D eigenvalue weighted by atomic mass is 10.1. The molecular formula is C27H29N5O3. The maximum Gasteiger partial charge on any atom is 0.252 e. The Labute approximate surface area is 204 Å². The molecule has 0 bridgehead atoms. The van der Waals surface area contributed by atoms with E-state index in [1.54, 1.807) is 25.3 Å². The van der Waals surface area contributed by atoms with E-state index in [0.717, 1.165) is 55.1 Å². The molecule has 0 atom stereocenters. The van der Waals surface area contributed by atoms with Crippen molar-refractivity contribution in [1.82, 2.24) is 14.5 Å². The number of rotatable bonds is 7. The molecule has 1 aliphatic rings. The number of aromatic hydroxyl groups is 1. The molecule has 2 aromatic carbocycles. The number of carbonyl (C=O) groups is 1. The largest absolute Gasteiger partial charge is 0.507 e. The molecule has 3 heterocycles. The van der Waals surface area contributed by atoms with Crippen LogP contribution in [0.3, 0.4) is 0 Å². The van der Waals surface area contributed by atoms with Gasteiger partial charge in [-0.25, -0.2) is 4.98 Å². The second-order valence-corrected chi connectivity index (χ2v) is 8.84. The third-order valence-electron chi connectivity index (χ3n) is 6.60. The molecule has 0 unspecified atom stereocenters. The van der Waals surface area contributed by atoms with Crippen molar-refractivity contribution in [1.29, 1.82) is 0 Å². The van der Waals surface area contributed by atoms with Crippen molar-refractivity contribution in [2.45, 2.75) is 13.1 Å². The number of hydrogen-bond donors (Lipinski definition) is 2. The lowest BCUT2D eigenvalue weighted by Gasteiger charge is -2.36. The summed E-state index contributed by atoms with van der Waals surface area (Å²) in [6, 6.07) is 17.4. The van der Waals surface area contributed by atoms with Crippen molar-refractivity contribution in [3.63, 3.8) is 0 Å². The number of carbonyl (C=O) groups excluding carboxylic acids is 1. The van der Waals surface area contributed by atoms with Gasteiger partial charge in [-0.1, -0.05) is 18.2 Å². The first-order valence-electron chi connectivity index (χ1n) is 11.7. The third kappa shape index (κ3) is 4.79. The maximum atomic E-state index is 11.4. The first kappa shape index (κ1) is 22.7. The summed E-state index contributed by atoms with van der Waals surface area (Å²) < 4.78 is 7.31. The Bertz CT molecular complexity index is 1340. The zero-order valence-electron chi connectivity index (χ0n) is 19.7. The van der Waals surface area contributed by atoms with Crippen molar-refractivity contribution in [2.24, 2.45) is 5.73 Å². The average Bonchev–Trinajstić information content (AvgIpc) is 3.28. The van der Waals surface area contributed by atoms with E-state index in [2.05, 4.69) is 43.6 Å². The van der Waals surface area contributed by atoms with E-state index in [1.165, 1.54) is 11.3 Å². The highest BCUT2D eigenvalue weighted by Crippen LogP contribution is 2.28. The summed E-state index contributed by atoms with van der Waals surface area (Å²) >= 11 is 0. The first-order chi connectivity index (χ1) is 17.0. The molecule has 8 nitrogen and oxygen atoms in total. The number of ether oxygens (including phenoxy) is 1. The monoisotopic (exact) mass is 471 g/mol. The number of methoxy groups -OCH3 is 1. The van der Waals surface area contributed by atoms with Crippen LogP contribution < -0.4 is 15.4 Å². The summed E-state index contributed by atoms with van der Waals surface area (Å²) in [5, 5.41) is 11.2. The van der Waals surface area contributed by atoms with Gasteiger partial charge in [-0.3, -0.25) is 9.69 Å². The molecule has 0 spiro atoms. The van der Waals surface area contributed by atoms with Crippen LogP contribution in [0.15, 0.2) is 67.0 Å². The zero-order valence-corrected chi connectivity index (χ0v) is 19.7. The van der Waals surface area contributed by atoms with Gasteiger partial charge in [0.2, 0.25) is 0 Å². The van der Waals surface area contributed by atoms with Gasteiger partial charge in [-0.2, -0.15) is 0 Å². The predicted octanol–water partition coefficient (Wildman–Crippen LogP) is 3.22. The Kier molecular flexibility index (Phi) is 6.29. The van der Waals surface area contributed by atoms with Crippen LogP contribution in [0.5, 0.6) is 11.5 Å². The zero-order chi connectivity index (χ0) is 24.4. The highest BCUT2D eigenvalue weighted by atomic mass is 16.5. The van der Waals surface area contributed by atoms with Gasteiger partial charge in [-0.15, -0.1) is 0 Å². The van der Waals surface area contributed by atoms with E-state index in [-0.39, 0.29) is 11.3 Å². The van der Waals surface area contributed by atoms with Crippen molar-refractivity contribution >= 4 is 22.6 Å². The topological polar surface area (TPSA) is 96.9 Å². The van der Waals surface area contributed by atoms with Crippen LogP contribution in [-0.2, 0) is 13.1 Å². The molecule has 4 aromatic rings. The number of hydrogen-bond acceptors (Lipinski definition) is 6. The number of amides is 1. The van der Waals surface area contributed by atoms with Crippen molar-refractivity contribution in [3.8, 4) is 11.5 Å². The lowest BCUT2D eigenvalue weighted by molar-refractivity contribution is 0.0997.